The van der Waals surface area contributed by atoms with E-state index in [1.54, 1.807) is 16.2 Å². The molecule has 0 bridgehead atoms. The summed E-state index contributed by atoms with van der Waals surface area (Å²) in [5.41, 5.74) is 1.51. The van der Waals surface area contributed by atoms with Crippen molar-refractivity contribution in [2.24, 2.45) is 11.3 Å². The molecule has 1 saturated carbocycles. The molecule has 0 radical (unpaired) electrons. The summed E-state index contributed by atoms with van der Waals surface area (Å²) in [6, 6.07) is -1.71. The van der Waals surface area contributed by atoms with Crippen LogP contribution < -0.4 is 10.6 Å². The first-order chi connectivity index (χ1) is 18.8. The number of hydrogen-bond acceptors (Lipinski definition) is 5. The predicted molar refractivity (Wildman–Crippen MR) is 159 cm³/mol. The van der Waals surface area contributed by atoms with Crippen molar-refractivity contribution in [2.75, 3.05) is 6.54 Å². The minimum atomic E-state index is -1.87. The van der Waals surface area contributed by atoms with Gasteiger partial charge in [-0.3, -0.25) is 14.4 Å². The minimum absolute atomic E-state index is 0.156. The van der Waals surface area contributed by atoms with Crippen molar-refractivity contribution in [1.82, 2.24) is 20.5 Å². The third-order valence-corrected chi connectivity index (χ3v) is 8.96. The molecular formula is C31H47FN4O3S. The molecule has 4 rings (SSSR count). The number of alkyl halides is 1. The highest BCUT2D eigenvalue weighted by atomic mass is 32.1. The van der Waals surface area contributed by atoms with Crippen molar-refractivity contribution in [3.63, 3.8) is 0 Å². The Morgan fingerprint density at radius 3 is 2.35 bits per heavy atom. The molecule has 1 aliphatic heterocycles. The quantitative estimate of drug-likeness (QED) is 0.422. The molecule has 0 aromatic carbocycles. The van der Waals surface area contributed by atoms with Gasteiger partial charge in [-0.15, -0.1) is 11.3 Å². The third-order valence-electron chi connectivity index (χ3n) is 7.89. The number of amides is 3. The second kappa shape index (κ2) is 13.0. The van der Waals surface area contributed by atoms with Gasteiger partial charge in [0.05, 0.1) is 17.2 Å². The zero-order valence-electron chi connectivity index (χ0n) is 25.3. The first kappa shape index (κ1) is 32.0. The number of aromatic nitrogens is 1. The summed E-state index contributed by atoms with van der Waals surface area (Å²) < 4.78 is 14.4. The maximum Gasteiger partial charge on any atom is 0.258 e. The van der Waals surface area contributed by atoms with Crippen molar-refractivity contribution in [2.45, 2.75) is 117 Å². The van der Waals surface area contributed by atoms with E-state index in [2.05, 4.69) is 47.7 Å². The van der Waals surface area contributed by atoms with Crippen LogP contribution >= 0.6 is 11.3 Å². The number of carbonyl (C=O) groups excluding carboxylic acids is 3. The van der Waals surface area contributed by atoms with E-state index in [9.17, 15) is 18.8 Å². The van der Waals surface area contributed by atoms with Gasteiger partial charge in [0.1, 0.15) is 12.1 Å². The monoisotopic (exact) mass is 574 g/mol. The summed E-state index contributed by atoms with van der Waals surface area (Å²) in [6.45, 7) is 16.1. The first-order valence-electron chi connectivity index (χ1n) is 14.7. The Balaban J connectivity index is 0.00000216. The summed E-state index contributed by atoms with van der Waals surface area (Å²) in [5.74, 6) is -0.793. The fourth-order valence-corrected chi connectivity index (χ4v) is 6.23. The van der Waals surface area contributed by atoms with Crippen LogP contribution in [0.15, 0.2) is 29.3 Å². The number of nitrogens with one attached hydrogen (secondary N) is 2. The maximum atomic E-state index is 14.4. The number of hydrogen-bond donors (Lipinski definition) is 2. The molecule has 1 aromatic heterocycles. The minimum Gasteiger partial charge on any atom is -0.347 e. The smallest absolute Gasteiger partial charge is 0.258 e. The standard InChI is InChI=1S/C29H41FN4O3S.C2H6/c1-17(2)22(19-9-11-20(12-10-19)23-18(3)31-16-38-23)32-25(35)21-8-7-15-34(21)26(36)24(28(4,5)6)33-27(37)29(30)13-14-29;1-2/h9-11,16-17,20-22,24H,7-8,12-15H2,1-6H3,(H,32,35)(H,33,37);1-2H3. The molecular weight excluding hydrogens is 527 g/mol. The summed E-state index contributed by atoms with van der Waals surface area (Å²) in [7, 11) is 0. The largest absolute Gasteiger partial charge is 0.347 e. The second-order valence-electron chi connectivity index (χ2n) is 12.4. The van der Waals surface area contributed by atoms with E-state index in [0.29, 0.717) is 25.3 Å². The van der Waals surface area contributed by atoms with Gasteiger partial charge in [0.15, 0.2) is 5.67 Å². The second-order valence-corrected chi connectivity index (χ2v) is 13.3. The maximum absolute atomic E-state index is 14.4. The lowest BCUT2D eigenvalue weighted by Crippen LogP contribution is -2.59. The first-order valence-corrected chi connectivity index (χ1v) is 15.6. The van der Waals surface area contributed by atoms with Crippen LogP contribution in [-0.2, 0) is 14.4 Å². The van der Waals surface area contributed by atoms with Crippen LogP contribution in [0.5, 0.6) is 0 Å². The van der Waals surface area contributed by atoms with Crippen LogP contribution in [0.4, 0.5) is 4.39 Å². The molecule has 2 fully saturated rings. The van der Waals surface area contributed by atoms with Crippen LogP contribution in [0, 0.1) is 18.3 Å². The van der Waals surface area contributed by atoms with E-state index in [-0.39, 0.29) is 36.6 Å². The van der Waals surface area contributed by atoms with Gasteiger partial charge in [-0.1, -0.05) is 66.7 Å². The number of nitrogens with zero attached hydrogens (tertiary/aromatic N) is 2. The number of halogens is 1. The lowest BCUT2D eigenvalue weighted by molar-refractivity contribution is -0.145. The highest BCUT2D eigenvalue weighted by molar-refractivity contribution is 7.09. The van der Waals surface area contributed by atoms with E-state index in [0.717, 1.165) is 17.7 Å². The average molecular weight is 575 g/mol. The topological polar surface area (TPSA) is 91.4 Å². The van der Waals surface area contributed by atoms with Crippen molar-refractivity contribution < 1.29 is 18.8 Å². The molecule has 2 aliphatic carbocycles. The molecule has 40 heavy (non-hydrogen) atoms. The van der Waals surface area contributed by atoms with E-state index in [1.165, 1.54) is 4.88 Å². The van der Waals surface area contributed by atoms with E-state index in [4.69, 9.17) is 0 Å². The average Bonchev–Trinajstić information content (AvgIpc) is 3.28. The van der Waals surface area contributed by atoms with Gasteiger partial charge in [0.25, 0.3) is 5.91 Å². The van der Waals surface area contributed by atoms with Gasteiger partial charge in [0.2, 0.25) is 11.8 Å². The zero-order chi connectivity index (χ0) is 29.8. The lowest BCUT2D eigenvalue weighted by Gasteiger charge is -2.36. The third kappa shape index (κ3) is 7.20. The van der Waals surface area contributed by atoms with Gasteiger partial charge in [-0.2, -0.15) is 0 Å². The molecule has 2 N–H and O–H groups in total. The van der Waals surface area contributed by atoms with Crippen molar-refractivity contribution >= 4 is 29.1 Å². The number of allylic oxidation sites excluding steroid dienone is 2. The van der Waals surface area contributed by atoms with E-state index >= 15 is 0 Å². The van der Waals surface area contributed by atoms with Crippen LogP contribution in [-0.4, -0.2) is 57.9 Å². The normalized spacial score (nSPS) is 23.1. The molecule has 4 atom stereocenters. The van der Waals surface area contributed by atoms with E-state index in [1.807, 2.05) is 47.1 Å². The highest BCUT2D eigenvalue weighted by Gasteiger charge is 2.53. The lowest BCUT2D eigenvalue weighted by atomic mass is 9.85. The Labute approximate surface area is 243 Å². The number of rotatable bonds is 8. The van der Waals surface area contributed by atoms with Crippen LogP contribution in [0.2, 0.25) is 0 Å². The molecule has 7 nitrogen and oxygen atoms in total. The highest BCUT2D eigenvalue weighted by Crippen LogP contribution is 2.40. The van der Waals surface area contributed by atoms with Crippen molar-refractivity contribution in [1.29, 1.82) is 0 Å². The zero-order valence-corrected chi connectivity index (χ0v) is 26.2. The Morgan fingerprint density at radius 2 is 1.85 bits per heavy atom. The summed E-state index contributed by atoms with van der Waals surface area (Å²) >= 11 is 1.67. The molecule has 2 heterocycles. The number of likely N-dealkylation sites (tertiary alicyclic amines) is 1. The van der Waals surface area contributed by atoms with Gasteiger partial charge in [-0.25, -0.2) is 9.37 Å². The van der Waals surface area contributed by atoms with Gasteiger partial charge >= 0.3 is 0 Å². The van der Waals surface area contributed by atoms with Gasteiger partial charge in [-0.05, 0) is 55.9 Å². The molecule has 4 unspecified atom stereocenters. The Morgan fingerprint density at radius 1 is 1.18 bits per heavy atom. The summed E-state index contributed by atoms with van der Waals surface area (Å²) in [5, 5.41) is 5.88. The van der Waals surface area contributed by atoms with Crippen molar-refractivity contribution in [3.8, 4) is 0 Å². The molecule has 0 spiro atoms. The van der Waals surface area contributed by atoms with Crippen LogP contribution in [0.1, 0.15) is 97.1 Å². The van der Waals surface area contributed by atoms with Crippen LogP contribution in [0.25, 0.3) is 0 Å². The van der Waals surface area contributed by atoms with Crippen LogP contribution in [0.3, 0.4) is 0 Å². The SMILES string of the molecule is CC.Cc1ncsc1C1C=CC(C(NC(=O)C2CCCN2C(=O)C(NC(=O)C2(F)CC2)C(C)(C)C)C(C)C)=CC1. The summed E-state index contributed by atoms with van der Waals surface area (Å²) in [4.78, 5) is 46.9. The molecule has 222 valence electrons. The predicted octanol–water partition coefficient (Wildman–Crippen LogP) is 5.61. The van der Waals surface area contributed by atoms with Gasteiger partial charge in [0, 0.05) is 17.3 Å². The molecule has 1 aromatic rings. The molecule has 1 saturated heterocycles. The number of carbonyl (C=O) groups is 3. The fraction of sp³-hybridized carbons (Fsp3) is 0.677. The Bertz CT molecular complexity index is 1130. The Hall–Kier alpha value is -2.55. The fourth-order valence-electron chi connectivity index (χ4n) is 5.33. The Kier molecular flexibility index (Phi) is 10.4. The van der Waals surface area contributed by atoms with Crippen molar-refractivity contribution in [3.05, 3.63) is 39.9 Å². The number of thiazole rings is 1. The number of aryl methyl sites for hydroxylation is 1. The molecule has 9 heteroatoms. The molecule has 3 amide bonds. The summed E-state index contributed by atoms with van der Waals surface area (Å²) in [6.07, 6.45) is 8.97. The van der Waals surface area contributed by atoms with E-state index < -0.39 is 29.1 Å². The van der Waals surface area contributed by atoms with Gasteiger partial charge < -0.3 is 15.5 Å². The molecule has 3 aliphatic rings.